The average molecular weight is 604 g/mol. The fraction of sp³-hybridized carbons (Fsp3) is 0.455. The van der Waals surface area contributed by atoms with E-state index < -0.39 is 23.3 Å². The number of alkyl halides is 1. The van der Waals surface area contributed by atoms with Gasteiger partial charge < -0.3 is 14.7 Å². The Bertz CT molecular complexity index is 1840. The fourth-order valence-electron chi connectivity index (χ4n) is 8.17. The van der Waals surface area contributed by atoms with Crippen molar-refractivity contribution in [2.45, 2.75) is 75.7 Å². The zero-order chi connectivity index (χ0) is 30.3. The highest BCUT2D eigenvalue weighted by atomic mass is 19.1. The number of aromatic nitrogens is 3. The van der Waals surface area contributed by atoms with Crippen LogP contribution in [0.25, 0.3) is 32.9 Å². The number of carbonyl (C=O) groups is 1. The summed E-state index contributed by atoms with van der Waals surface area (Å²) in [6, 6.07) is 5.68. The molecule has 4 aliphatic rings. The number of aromatic hydroxyl groups is 1. The second kappa shape index (κ2) is 10.0. The van der Waals surface area contributed by atoms with Crippen molar-refractivity contribution in [1.82, 2.24) is 19.9 Å². The molecule has 4 aromatic rings. The number of rotatable bonds is 6. The molecule has 0 radical (unpaired) electrons. The SMILES string of the molecule is CCc1c(F)ccc2cc(O)cc(-c3ncc4c(N5C6CC(=O)CC5C6)nc(OC[C@@]56CCCN5C[C@H](F)C6)nc4c3F)c12. The monoisotopic (exact) mass is 603 g/mol. The largest absolute Gasteiger partial charge is 0.508 e. The number of piperidine rings is 1. The molecule has 4 saturated heterocycles. The number of halogens is 3. The molecule has 228 valence electrons. The number of ketones is 1. The van der Waals surface area contributed by atoms with Crippen molar-refractivity contribution in [2.24, 2.45) is 0 Å². The van der Waals surface area contributed by atoms with Crippen LogP contribution in [0.3, 0.4) is 0 Å². The van der Waals surface area contributed by atoms with E-state index in [-0.39, 0.29) is 53.0 Å². The van der Waals surface area contributed by atoms with Crippen molar-refractivity contribution in [1.29, 1.82) is 0 Å². The van der Waals surface area contributed by atoms with E-state index in [2.05, 4.69) is 14.9 Å². The third-order valence-electron chi connectivity index (χ3n) is 10.1. The topological polar surface area (TPSA) is 91.7 Å². The molecule has 8 nitrogen and oxygen atoms in total. The van der Waals surface area contributed by atoms with Crippen LogP contribution in [0.15, 0.2) is 30.5 Å². The van der Waals surface area contributed by atoms with Gasteiger partial charge in [-0.2, -0.15) is 9.97 Å². The molecule has 1 N–H and O–H groups in total. The van der Waals surface area contributed by atoms with Gasteiger partial charge in [-0.15, -0.1) is 0 Å². The lowest BCUT2D eigenvalue weighted by Gasteiger charge is -2.53. The molecule has 0 amide bonds. The molecule has 0 spiro atoms. The van der Waals surface area contributed by atoms with E-state index in [0.29, 0.717) is 59.8 Å². The number of phenols is 1. The zero-order valence-corrected chi connectivity index (χ0v) is 24.3. The first-order valence-corrected chi connectivity index (χ1v) is 15.4. The van der Waals surface area contributed by atoms with E-state index in [0.717, 1.165) is 25.8 Å². The van der Waals surface area contributed by atoms with Gasteiger partial charge in [0, 0.05) is 49.7 Å². The Morgan fingerprint density at radius 1 is 1.16 bits per heavy atom. The van der Waals surface area contributed by atoms with E-state index in [4.69, 9.17) is 9.72 Å². The molecular weight excluding hydrogens is 571 g/mol. The lowest BCUT2D eigenvalue weighted by atomic mass is 9.79. The van der Waals surface area contributed by atoms with Gasteiger partial charge in [-0.05, 0) is 66.8 Å². The number of Topliss-reactive ketones (excluding diaryl/α,β-unsaturated/α-hetero) is 1. The number of nitrogens with zero attached hydrogens (tertiary/aromatic N) is 5. The van der Waals surface area contributed by atoms with Gasteiger partial charge in [-0.3, -0.25) is 14.7 Å². The lowest BCUT2D eigenvalue weighted by Crippen LogP contribution is -2.61. The van der Waals surface area contributed by atoms with Crippen LogP contribution in [-0.4, -0.2) is 74.2 Å². The van der Waals surface area contributed by atoms with Crippen LogP contribution in [-0.2, 0) is 11.2 Å². The number of ether oxygens (including phenoxy) is 1. The molecule has 11 heteroatoms. The van der Waals surface area contributed by atoms with Gasteiger partial charge in [0.15, 0.2) is 5.82 Å². The second-order valence-electron chi connectivity index (χ2n) is 12.7. The Kier molecular flexibility index (Phi) is 6.27. The van der Waals surface area contributed by atoms with Crippen LogP contribution < -0.4 is 9.64 Å². The first-order valence-electron chi connectivity index (χ1n) is 15.4. The third kappa shape index (κ3) is 4.15. The number of benzene rings is 2. The predicted octanol–water partition coefficient (Wildman–Crippen LogP) is 5.66. The molecule has 6 heterocycles. The Morgan fingerprint density at radius 3 is 2.77 bits per heavy atom. The molecule has 8 rings (SSSR count). The van der Waals surface area contributed by atoms with E-state index in [1.165, 1.54) is 24.4 Å². The van der Waals surface area contributed by atoms with Crippen molar-refractivity contribution in [2.75, 3.05) is 24.6 Å². The van der Waals surface area contributed by atoms with Gasteiger partial charge in [0.05, 0.1) is 10.9 Å². The summed E-state index contributed by atoms with van der Waals surface area (Å²) in [4.78, 5) is 30.2. The third-order valence-corrected chi connectivity index (χ3v) is 10.1. The molecule has 0 saturated carbocycles. The summed E-state index contributed by atoms with van der Waals surface area (Å²) in [7, 11) is 0. The standard InChI is InChI=1S/C33H32F3N5O3/c1-2-23-26(35)5-4-17-8-21(42)12-24(27(17)23)29-28(36)30-25(14-37-29)31(41-19-9-20(41)11-22(43)10-19)39-32(38-30)44-16-33-6-3-7-40(33)15-18(34)13-33/h4-5,8,12,14,18-20,42H,2-3,6-7,9-11,13,15-16H2,1H3/t18-,19?,20?,33+/m1/s1. The summed E-state index contributed by atoms with van der Waals surface area (Å²) < 4.78 is 52.3. The van der Waals surface area contributed by atoms with Crippen LogP contribution >= 0.6 is 0 Å². The van der Waals surface area contributed by atoms with Crippen LogP contribution in [0.5, 0.6) is 11.8 Å². The van der Waals surface area contributed by atoms with Crippen molar-refractivity contribution >= 4 is 33.3 Å². The maximum absolute atomic E-state index is 16.7. The summed E-state index contributed by atoms with van der Waals surface area (Å²) >= 11 is 0. The minimum Gasteiger partial charge on any atom is -0.508 e. The van der Waals surface area contributed by atoms with Gasteiger partial charge in [-0.1, -0.05) is 13.0 Å². The lowest BCUT2D eigenvalue weighted by molar-refractivity contribution is -0.123. The summed E-state index contributed by atoms with van der Waals surface area (Å²) in [6.45, 7) is 3.18. The van der Waals surface area contributed by atoms with E-state index in [9.17, 15) is 18.7 Å². The molecular formula is C33H32F3N5O3. The van der Waals surface area contributed by atoms with Crippen molar-refractivity contribution < 1.29 is 27.8 Å². The second-order valence-corrected chi connectivity index (χ2v) is 12.7. The quantitative estimate of drug-likeness (QED) is 0.302. The minimum atomic E-state index is -0.925. The van der Waals surface area contributed by atoms with Crippen molar-refractivity contribution in [3.63, 3.8) is 0 Å². The van der Waals surface area contributed by atoms with Gasteiger partial charge >= 0.3 is 6.01 Å². The molecule has 4 aliphatic heterocycles. The normalized spacial score (nSPS) is 26.4. The Balaban J connectivity index is 1.28. The van der Waals surface area contributed by atoms with E-state index >= 15 is 4.39 Å². The maximum Gasteiger partial charge on any atom is 0.319 e. The minimum absolute atomic E-state index is 0.0205. The smallest absolute Gasteiger partial charge is 0.319 e. The fourth-order valence-corrected chi connectivity index (χ4v) is 8.17. The highest BCUT2D eigenvalue weighted by Crippen LogP contribution is 2.45. The number of hydrogen-bond acceptors (Lipinski definition) is 8. The maximum atomic E-state index is 16.7. The van der Waals surface area contributed by atoms with Gasteiger partial charge in [0.1, 0.15) is 47.2 Å². The zero-order valence-electron chi connectivity index (χ0n) is 24.3. The van der Waals surface area contributed by atoms with Crippen LogP contribution in [0, 0.1) is 11.6 Å². The van der Waals surface area contributed by atoms with Crippen molar-refractivity contribution in [3.05, 3.63) is 47.7 Å². The number of phenolic OH excluding ortho intramolecular Hbond substituents is 1. The Hall–Kier alpha value is -3.99. The van der Waals surface area contributed by atoms with Crippen LogP contribution in [0.4, 0.5) is 19.0 Å². The Labute approximate surface area is 251 Å². The van der Waals surface area contributed by atoms with E-state index in [1.54, 1.807) is 6.07 Å². The molecule has 44 heavy (non-hydrogen) atoms. The summed E-state index contributed by atoms with van der Waals surface area (Å²) in [5.41, 5.74) is 0.107. The Morgan fingerprint density at radius 2 is 1.98 bits per heavy atom. The highest BCUT2D eigenvalue weighted by Gasteiger charge is 2.50. The summed E-state index contributed by atoms with van der Waals surface area (Å²) in [5.74, 6) is -0.623. The molecule has 0 aliphatic carbocycles. The first-order chi connectivity index (χ1) is 21.2. The number of hydrogen-bond donors (Lipinski definition) is 1. The molecule has 2 bridgehead atoms. The summed E-state index contributed by atoms with van der Waals surface area (Å²) in [6.07, 6.45) is 4.69. The van der Waals surface area contributed by atoms with Gasteiger partial charge in [0.2, 0.25) is 0 Å². The number of fused-ring (bicyclic) bond motifs is 5. The van der Waals surface area contributed by atoms with Gasteiger partial charge in [-0.25, -0.2) is 13.2 Å². The van der Waals surface area contributed by atoms with Gasteiger partial charge in [0.25, 0.3) is 0 Å². The summed E-state index contributed by atoms with van der Waals surface area (Å²) in [5, 5.41) is 11.9. The molecule has 4 atom stereocenters. The number of aryl methyl sites for hydroxylation is 1. The van der Waals surface area contributed by atoms with Crippen LogP contribution in [0.1, 0.15) is 51.0 Å². The number of carbonyl (C=O) groups excluding carboxylic acids is 1. The average Bonchev–Trinajstić information content (AvgIpc) is 3.52. The van der Waals surface area contributed by atoms with E-state index in [1.807, 2.05) is 11.8 Å². The van der Waals surface area contributed by atoms with Crippen molar-refractivity contribution in [3.8, 4) is 23.0 Å². The highest BCUT2D eigenvalue weighted by molar-refractivity contribution is 6.02. The number of pyridine rings is 1. The molecule has 2 unspecified atom stereocenters. The predicted molar refractivity (Wildman–Crippen MR) is 159 cm³/mol. The number of anilines is 1. The van der Waals surface area contributed by atoms with Crippen LogP contribution in [0.2, 0.25) is 0 Å². The first kappa shape index (κ1) is 27.6. The molecule has 2 aromatic carbocycles. The molecule has 2 aromatic heterocycles. The molecule has 4 fully saturated rings.